The molecular formula is C23H29N3O5S. The number of benzene rings is 2. The van der Waals surface area contributed by atoms with Gasteiger partial charge in [-0.3, -0.25) is 14.5 Å². The molecule has 0 heterocycles. The topological polar surface area (TPSA) is 97.0 Å². The molecule has 0 bridgehead atoms. The highest BCUT2D eigenvalue weighted by atomic mass is 32.2. The van der Waals surface area contributed by atoms with Crippen molar-refractivity contribution in [2.45, 2.75) is 38.0 Å². The summed E-state index contributed by atoms with van der Waals surface area (Å²) >= 11 is 0. The fraction of sp³-hybridized carbons (Fsp3) is 0.348. The normalized spacial score (nSPS) is 13.3. The van der Waals surface area contributed by atoms with Gasteiger partial charge in [-0.05, 0) is 68.5 Å². The van der Waals surface area contributed by atoms with Crippen LogP contribution in [0, 0.1) is 13.8 Å². The molecule has 172 valence electrons. The van der Waals surface area contributed by atoms with Crippen molar-refractivity contribution in [1.29, 1.82) is 0 Å². The quantitative estimate of drug-likeness (QED) is 0.559. The van der Waals surface area contributed by atoms with Crippen LogP contribution < -0.4 is 24.6 Å². The Balaban J connectivity index is 1.96. The van der Waals surface area contributed by atoms with Gasteiger partial charge in [0.1, 0.15) is 6.54 Å². The Labute approximate surface area is 189 Å². The molecule has 8 nitrogen and oxygen atoms in total. The standard InChI is InChI=1S/C23H29N3O5S/c1-16-11-17(2)13-19(12-16)26(15-23(27)25-24-18-7-5-6-8-18)32(28,29)20-9-10-21(30-3)22(14-20)31-4/h7,9-14,24H,5-6,8,15H2,1-4H3,(H,25,27). The summed E-state index contributed by atoms with van der Waals surface area (Å²) in [4.78, 5) is 12.7. The Hall–Kier alpha value is -3.20. The zero-order valence-corrected chi connectivity index (χ0v) is 19.6. The molecule has 0 spiro atoms. The van der Waals surface area contributed by atoms with Crippen molar-refractivity contribution in [1.82, 2.24) is 10.9 Å². The maximum Gasteiger partial charge on any atom is 0.264 e. The van der Waals surface area contributed by atoms with Crippen LogP contribution in [0.15, 0.2) is 53.1 Å². The number of allylic oxidation sites excluding steroid dienone is 2. The van der Waals surface area contributed by atoms with Crippen LogP contribution in [0.3, 0.4) is 0 Å². The lowest BCUT2D eigenvalue weighted by Gasteiger charge is -2.25. The Bertz CT molecular complexity index is 1110. The summed E-state index contributed by atoms with van der Waals surface area (Å²) in [5, 5.41) is 0. The van der Waals surface area contributed by atoms with E-state index in [1.165, 1.54) is 32.4 Å². The van der Waals surface area contributed by atoms with E-state index in [4.69, 9.17) is 9.47 Å². The molecule has 9 heteroatoms. The van der Waals surface area contributed by atoms with Crippen molar-refractivity contribution in [3.8, 4) is 11.5 Å². The molecule has 0 atom stereocenters. The van der Waals surface area contributed by atoms with Gasteiger partial charge in [0.25, 0.3) is 15.9 Å². The van der Waals surface area contributed by atoms with Crippen molar-refractivity contribution in [3.05, 3.63) is 59.3 Å². The summed E-state index contributed by atoms with van der Waals surface area (Å²) in [7, 11) is -1.17. The van der Waals surface area contributed by atoms with Crippen molar-refractivity contribution < 1.29 is 22.7 Å². The molecule has 2 aromatic carbocycles. The van der Waals surface area contributed by atoms with Gasteiger partial charge in [-0.25, -0.2) is 8.42 Å². The van der Waals surface area contributed by atoms with Gasteiger partial charge in [0.2, 0.25) is 0 Å². The van der Waals surface area contributed by atoms with Crippen LogP contribution in [-0.2, 0) is 14.8 Å². The Morgan fingerprint density at radius 3 is 2.31 bits per heavy atom. The molecule has 3 rings (SSSR count). The number of amides is 1. The number of hydrogen-bond donors (Lipinski definition) is 2. The van der Waals surface area contributed by atoms with Gasteiger partial charge in [0.05, 0.1) is 24.8 Å². The number of methoxy groups -OCH3 is 2. The average molecular weight is 460 g/mol. The summed E-state index contributed by atoms with van der Waals surface area (Å²) in [6.45, 7) is 3.37. The second-order valence-corrected chi connectivity index (χ2v) is 9.53. The van der Waals surface area contributed by atoms with E-state index in [0.717, 1.165) is 40.4 Å². The number of ether oxygens (including phenoxy) is 2. The van der Waals surface area contributed by atoms with E-state index in [1.54, 1.807) is 12.1 Å². The van der Waals surface area contributed by atoms with E-state index >= 15 is 0 Å². The minimum absolute atomic E-state index is 0.00595. The zero-order valence-electron chi connectivity index (χ0n) is 18.8. The van der Waals surface area contributed by atoms with E-state index in [-0.39, 0.29) is 17.2 Å². The molecule has 0 aromatic heterocycles. The number of nitrogens with one attached hydrogen (secondary N) is 2. The highest BCUT2D eigenvalue weighted by Gasteiger charge is 2.29. The predicted molar refractivity (Wildman–Crippen MR) is 123 cm³/mol. The molecule has 0 radical (unpaired) electrons. The summed E-state index contributed by atoms with van der Waals surface area (Å²) in [6.07, 6.45) is 4.86. The molecule has 0 unspecified atom stereocenters. The van der Waals surface area contributed by atoms with Crippen LogP contribution >= 0.6 is 0 Å². The van der Waals surface area contributed by atoms with Gasteiger partial charge in [0.15, 0.2) is 11.5 Å². The number of aryl methyl sites for hydroxylation is 2. The van der Waals surface area contributed by atoms with Crippen LogP contribution in [0.1, 0.15) is 30.4 Å². The highest BCUT2D eigenvalue weighted by Crippen LogP contribution is 2.32. The number of carbonyl (C=O) groups excluding carboxylic acids is 1. The first-order chi connectivity index (χ1) is 15.2. The molecule has 1 aliphatic rings. The molecule has 2 aromatic rings. The molecule has 0 saturated heterocycles. The van der Waals surface area contributed by atoms with Crippen LogP contribution in [0.2, 0.25) is 0 Å². The molecule has 0 fully saturated rings. The monoisotopic (exact) mass is 459 g/mol. The number of nitrogens with zero attached hydrogens (tertiary/aromatic N) is 1. The third-order valence-electron chi connectivity index (χ3n) is 5.13. The maximum absolute atomic E-state index is 13.6. The van der Waals surface area contributed by atoms with Gasteiger partial charge in [-0.1, -0.05) is 12.1 Å². The van der Waals surface area contributed by atoms with Crippen molar-refractivity contribution in [3.63, 3.8) is 0 Å². The summed E-state index contributed by atoms with van der Waals surface area (Å²) in [6, 6.07) is 9.78. The second kappa shape index (κ2) is 9.95. The predicted octanol–water partition coefficient (Wildman–Crippen LogP) is 3.20. The van der Waals surface area contributed by atoms with E-state index in [1.807, 2.05) is 26.0 Å². The lowest BCUT2D eigenvalue weighted by atomic mass is 10.1. The number of carbonyl (C=O) groups is 1. The van der Waals surface area contributed by atoms with Gasteiger partial charge in [-0.2, -0.15) is 0 Å². The smallest absolute Gasteiger partial charge is 0.264 e. The first-order valence-corrected chi connectivity index (χ1v) is 11.8. The van der Waals surface area contributed by atoms with E-state index < -0.39 is 15.9 Å². The Morgan fingerprint density at radius 1 is 1.03 bits per heavy atom. The zero-order chi connectivity index (χ0) is 23.3. The van der Waals surface area contributed by atoms with Crippen molar-refractivity contribution in [2.24, 2.45) is 0 Å². The lowest BCUT2D eigenvalue weighted by Crippen LogP contribution is -2.45. The number of hydrazine groups is 1. The molecular weight excluding hydrogens is 430 g/mol. The van der Waals surface area contributed by atoms with Crippen molar-refractivity contribution in [2.75, 3.05) is 25.1 Å². The number of sulfonamides is 1. The van der Waals surface area contributed by atoms with Crippen LogP contribution in [0.4, 0.5) is 5.69 Å². The summed E-state index contributed by atoms with van der Waals surface area (Å²) < 4.78 is 38.9. The summed E-state index contributed by atoms with van der Waals surface area (Å²) in [5.74, 6) is 0.227. The summed E-state index contributed by atoms with van der Waals surface area (Å²) in [5.41, 5.74) is 8.62. The van der Waals surface area contributed by atoms with Crippen LogP contribution in [0.5, 0.6) is 11.5 Å². The van der Waals surface area contributed by atoms with Gasteiger partial charge in [0, 0.05) is 11.8 Å². The van der Waals surface area contributed by atoms with Gasteiger partial charge in [-0.15, -0.1) is 0 Å². The SMILES string of the molecule is COc1ccc(S(=O)(=O)N(CC(=O)NNC2=CCCC2)c2cc(C)cc(C)c2)cc1OC. The Morgan fingerprint density at radius 2 is 1.72 bits per heavy atom. The van der Waals surface area contributed by atoms with Gasteiger partial charge >= 0.3 is 0 Å². The highest BCUT2D eigenvalue weighted by molar-refractivity contribution is 7.92. The number of hydrogen-bond acceptors (Lipinski definition) is 6. The largest absolute Gasteiger partial charge is 0.493 e. The molecule has 0 saturated carbocycles. The molecule has 0 aliphatic heterocycles. The maximum atomic E-state index is 13.6. The van der Waals surface area contributed by atoms with Crippen LogP contribution in [0.25, 0.3) is 0 Å². The minimum atomic E-state index is -4.08. The van der Waals surface area contributed by atoms with Gasteiger partial charge < -0.3 is 14.9 Å². The third kappa shape index (κ3) is 5.34. The molecule has 32 heavy (non-hydrogen) atoms. The van der Waals surface area contributed by atoms with E-state index in [9.17, 15) is 13.2 Å². The average Bonchev–Trinajstić information content (AvgIpc) is 3.28. The molecule has 2 N–H and O–H groups in total. The fourth-order valence-electron chi connectivity index (χ4n) is 3.62. The number of anilines is 1. The van der Waals surface area contributed by atoms with E-state index in [0.29, 0.717) is 11.4 Å². The van der Waals surface area contributed by atoms with E-state index in [2.05, 4.69) is 10.9 Å². The first-order valence-electron chi connectivity index (χ1n) is 10.3. The molecule has 1 aliphatic carbocycles. The van der Waals surface area contributed by atoms with Crippen molar-refractivity contribution >= 4 is 21.6 Å². The number of rotatable bonds is 9. The second-order valence-electron chi connectivity index (χ2n) is 7.67. The minimum Gasteiger partial charge on any atom is -0.493 e. The molecule has 1 amide bonds. The third-order valence-corrected chi connectivity index (χ3v) is 6.90. The Kier molecular flexibility index (Phi) is 7.29. The van der Waals surface area contributed by atoms with Crippen LogP contribution in [-0.4, -0.2) is 35.1 Å². The first kappa shape index (κ1) is 23.5. The lowest BCUT2D eigenvalue weighted by molar-refractivity contribution is -0.120. The fourth-order valence-corrected chi connectivity index (χ4v) is 5.04.